The lowest BCUT2D eigenvalue weighted by atomic mass is 10.1. The zero-order valence-corrected chi connectivity index (χ0v) is 8.75. The van der Waals surface area contributed by atoms with Gasteiger partial charge in [-0.15, -0.1) is 0 Å². The van der Waals surface area contributed by atoms with Crippen LogP contribution in [0.25, 0.3) is 0 Å². The molecule has 0 spiro atoms. The highest BCUT2D eigenvalue weighted by molar-refractivity contribution is 5.58. The van der Waals surface area contributed by atoms with Crippen LogP contribution < -0.4 is 9.47 Å². The van der Waals surface area contributed by atoms with Crippen molar-refractivity contribution in [2.45, 2.75) is 6.29 Å². The molecule has 1 fully saturated rings. The maximum absolute atomic E-state index is 11.0. The van der Waals surface area contributed by atoms with Crippen LogP contribution in [0.3, 0.4) is 0 Å². The predicted molar refractivity (Wildman–Crippen MR) is 53.9 cm³/mol. The smallest absolute Gasteiger partial charge is 0.281 e. The summed E-state index contributed by atoms with van der Waals surface area (Å²) in [5, 5.41) is 11.0. The van der Waals surface area contributed by atoms with E-state index in [2.05, 4.69) is 0 Å². The zero-order chi connectivity index (χ0) is 11.8. The maximum atomic E-state index is 11.0. The Balaban J connectivity index is 2.13. The third-order valence-electron chi connectivity index (χ3n) is 2.61. The molecule has 0 aliphatic carbocycles. The van der Waals surface area contributed by atoms with Crippen LogP contribution in [-0.4, -0.2) is 24.9 Å². The highest BCUT2D eigenvalue weighted by Crippen LogP contribution is 2.45. The molecular formula is C10H9NO6. The second kappa shape index (κ2) is 3.86. The molecule has 2 aliphatic heterocycles. The number of fused-ring (bicyclic) bond motifs is 1. The Hall–Kier alpha value is -1.86. The van der Waals surface area contributed by atoms with E-state index in [0.717, 1.165) is 0 Å². The quantitative estimate of drug-likeness (QED) is 0.572. The van der Waals surface area contributed by atoms with Crippen molar-refractivity contribution in [2.75, 3.05) is 20.0 Å². The number of ether oxygens (including phenoxy) is 4. The van der Waals surface area contributed by atoms with Crippen LogP contribution in [0.1, 0.15) is 11.9 Å². The molecular weight excluding hydrogens is 230 g/mol. The van der Waals surface area contributed by atoms with E-state index in [-0.39, 0.29) is 12.5 Å². The summed E-state index contributed by atoms with van der Waals surface area (Å²) in [5.41, 5.74) is 0.212. The number of nitro benzene ring substituents is 1. The van der Waals surface area contributed by atoms with E-state index in [1.807, 2.05) is 0 Å². The molecule has 0 unspecified atom stereocenters. The molecule has 0 radical (unpaired) electrons. The molecule has 1 aromatic rings. The van der Waals surface area contributed by atoms with Gasteiger partial charge in [0.15, 0.2) is 17.8 Å². The van der Waals surface area contributed by atoms with Crippen LogP contribution in [0.4, 0.5) is 5.69 Å². The van der Waals surface area contributed by atoms with Gasteiger partial charge in [0.1, 0.15) is 5.56 Å². The summed E-state index contributed by atoms with van der Waals surface area (Å²) in [4.78, 5) is 10.5. The Morgan fingerprint density at radius 2 is 2.00 bits per heavy atom. The number of rotatable bonds is 2. The third kappa shape index (κ3) is 1.60. The molecule has 90 valence electrons. The summed E-state index contributed by atoms with van der Waals surface area (Å²) in [7, 11) is 0. The predicted octanol–water partition coefficient (Wildman–Crippen LogP) is 1.37. The van der Waals surface area contributed by atoms with Crippen molar-refractivity contribution in [1.82, 2.24) is 0 Å². The Morgan fingerprint density at radius 3 is 2.71 bits per heavy atom. The van der Waals surface area contributed by atoms with Gasteiger partial charge in [0, 0.05) is 6.07 Å². The number of benzene rings is 1. The Labute approximate surface area is 96.0 Å². The standard InChI is InChI=1S/C10H9NO6/c12-11(13)6-1-2-7-9(17-5-16-7)8(6)10-14-3-4-15-10/h1-2,10H,3-5H2. The van der Waals surface area contributed by atoms with E-state index in [1.165, 1.54) is 12.1 Å². The first-order chi connectivity index (χ1) is 8.27. The molecule has 0 N–H and O–H groups in total. The molecule has 3 rings (SSSR count). The van der Waals surface area contributed by atoms with Gasteiger partial charge >= 0.3 is 0 Å². The topological polar surface area (TPSA) is 80.1 Å². The van der Waals surface area contributed by atoms with Gasteiger partial charge in [0.25, 0.3) is 5.69 Å². The summed E-state index contributed by atoms with van der Waals surface area (Å²) in [5.74, 6) is 0.816. The molecule has 0 bridgehead atoms. The van der Waals surface area contributed by atoms with Crippen molar-refractivity contribution in [3.8, 4) is 11.5 Å². The average molecular weight is 239 g/mol. The summed E-state index contributed by atoms with van der Waals surface area (Å²) in [6.45, 7) is 0.870. The van der Waals surface area contributed by atoms with Gasteiger partial charge in [-0.05, 0) is 6.07 Å². The first-order valence-corrected chi connectivity index (χ1v) is 5.07. The van der Waals surface area contributed by atoms with Crippen molar-refractivity contribution in [3.05, 3.63) is 27.8 Å². The van der Waals surface area contributed by atoms with Gasteiger partial charge < -0.3 is 18.9 Å². The fraction of sp³-hybridized carbons (Fsp3) is 0.400. The summed E-state index contributed by atoms with van der Waals surface area (Å²) in [6.07, 6.45) is -0.757. The van der Waals surface area contributed by atoms with Gasteiger partial charge in [-0.2, -0.15) is 0 Å². The lowest BCUT2D eigenvalue weighted by Gasteiger charge is -2.11. The van der Waals surface area contributed by atoms with Crippen molar-refractivity contribution in [1.29, 1.82) is 0 Å². The number of hydrogen-bond donors (Lipinski definition) is 0. The van der Waals surface area contributed by atoms with Gasteiger partial charge in [-0.25, -0.2) is 0 Å². The van der Waals surface area contributed by atoms with Crippen LogP contribution in [0.5, 0.6) is 11.5 Å². The minimum Gasteiger partial charge on any atom is -0.454 e. The van der Waals surface area contributed by atoms with Gasteiger partial charge in [0.2, 0.25) is 6.79 Å². The van der Waals surface area contributed by atoms with E-state index in [4.69, 9.17) is 18.9 Å². The van der Waals surface area contributed by atoms with E-state index < -0.39 is 11.2 Å². The average Bonchev–Trinajstić information content (AvgIpc) is 2.98. The number of nitrogens with zero attached hydrogens (tertiary/aromatic N) is 1. The SMILES string of the molecule is O=[N+]([O-])c1ccc2c(c1C1OCCO1)OCO2. The largest absolute Gasteiger partial charge is 0.454 e. The molecule has 2 aliphatic rings. The van der Waals surface area contributed by atoms with Gasteiger partial charge in [-0.3, -0.25) is 10.1 Å². The maximum Gasteiger partial charge on any atom is 0.281 e. The van der Waals surface area contributed by atoms with Crippen LogP contribution in [0.15, 0.2) is 12.1 Å². The van der Waals surface area contributed by atoms with E-state index in [9.17, 15) is 10.1 Å². The highest BCUT2D eigenvalue weighted by atomic mass is 16.7. The molecule has 2 heterocycles. The first-order valence-electron chi connectivity index (χ1n) is 5.07. The van der Waals surface area contributed by atoms with Gasteiger partial charge in [-0.1, -0.05) is 0 Å². The lowest BCUT2D eigenvalue weighted by molar-refractivity contribution is -0.386. The van der Waals surface area contributed by atoms with Crippen LogP contribution in [0.2, 0.25) is 0 Å². The summed E-state index contributed by atoms with van der Waals surface area (Å²) < 4.78 is 21.0. The molecule has 0 atom stereocenters. The van der Waals surface area contributed by atoms with Crippen molar-refractivity contribution >= 4 is 5.69 Å². The van der Waals surface area contributed by atoms with Crippen LogP contribution in [0, 0.1) is 10.1 Å². The van der Waals surface area contributed by atoms with E-state index in [1.54, 1.807) is 0 Å². The Bertz CT molecular complexity index is 468. The van der Waals surface area contributed by atoms with Crippen molar-refractivity contribution in [2.24, 2.45) is 0 Å². The fourth-order valence-electron chi connectivity index (χ4n) is 1.90. The van der Waals surface area contributed by atoms with E-state index in [0.29, 0.717) is 30.3 Å². The molecule has 0 amide bonds. The molecule has 1 saturated heterocycles. The van der Waals surface area contributed by atoms with Crippen LogP contribution in [-0.2, 0) is 9.47 Å². The normalized spacial score (nSPS) is 18.6. The molecule has 7 nitrogen and oxygen atoms in total. The lowest BCUT2D eigenvalue weighted by Crippen LogP contribution is -2.05. The second-order valence-corrected chi connectivity index (χ2v) is 3.56. The van der Waals surface area contributed by atoms with E-state index >= 15 is 0 Å². The molecule has 7 heteroatoms. The minimum atomic E-state index is -0.757. The van der Waals surface area contributed by atoms with Gasteiger partial charge in [0.05, 0.1) is 18.1 Å². The Kier molecular flexibility index (Phi) is 2.34. The van der Waals surface area contributed by atoms with Crippen molar-refractivity contribution < 1.29 is 23.9 Å². The monoisotopic (exact) mass is 239 g/mol. The summed E-state index contributed by atoms with van der Waals surface area (Å²) in [6, 6.07) is 2.88. The molecule has 1 aromatic carbocycles. The summed E-state index contributed by atoms with van der Waals surface area (Å²) >= 11 is 0. The number of hydrogen-bond acceptors (Lipinski definition) is 6. The minimum absolute atomic E-state index is 0.0518. The second-order valence-electron chi connectivity index (χ2n) is 3.56. The molecule has 0 saturated carbocycles. The Morgan fingerprint density at radius 1 is 1.24 bits per heavy atom. The first kappa shape index (κ1) is 10.3. The van der Waals surface area contributed by atoms with Crippen molar-refractivity contribution in [3.63, 3.8) is 0 Å². The van der Waals surface area contributed by atoms with Crippen LogP contribution >= 0.6 is 0 Å². The zero-order valence-electron chi connectivity index (χ0n) is 8.75. The third-order valence-corrected chi connectivity index (χ3v) is 2.61. The molecule has 17 heavy (non-hydrogen) atoms. The highest BCUT2D eigenvalue weighted by Gasteiger charge is 2.35. The fourth-order valence-corrected chi connectivity index (χ4v) is 1.90. The number of nitro groups is 1. The molecule has 0 aromatic heterocycles.